The number of aryl methyl sites for hydroxylation is 2. The Balaban J connectivity index is 2.14. The summed E-state index contributed by atoms with van der Waals surface area (Å²) in [6.07, 6.45) is 0. The van der Waals surface area contributed by atoms with Gasteiger partial charge < -0.3 is 15.4 Å². The number of hydrogen-bond donors (Lipinski definition) is 2. The number of amides is 2. The molecule has 2 aromatic carbocycles. The van der Waals surface area contributed by atoms with Crippen molar-refractivity contribution >= 4 is 34.8 Å². The molecule has 5 nitrogen and oxygen atoms in total. The summed E-state index contributed by atoms with van der Waals surface area (Å²) in [6.45, 7) is 3.71. The molecule has 0 aliphatic rings. The average molecular weight is 333 g/mol. The lowest BCUT2D eigenvalue weighted by molar-refractivity contribution is -0.133. The summed E-state index contributed by atoms with van der Waals surface area (Å²) in [5.41, 5.74) is 2.61. The van der Waals surface area contributed by atoms with Gasteiger partial charge in [0.15, 0.2) is 0 Å². The molecule has 6 heteroatoms. The van der Waals surface area contributed by atoms with E-state index in [0.717, 1.165) is 11.1 Å². The molecule has 0 fully saturated rings. The van der Waals surface area contributed by atoms with Gasteiger partial charge in [0.2, 0.25) is 0 Å². The number of halogens is 1. The van der Waals surface area contributed by atoms with Crippen LogP contribution in [0, 0.1) is 13.8 Å². The van der Waals surface area contributed by atoms with Crippen molar-refractivity contribution in [2.75, 3.05) is 17.7 Å². The summed E-state index contributed by atoms with van der Waals surface area (Å²) < 4.78 is 5.13. The Bertz CT molecular complexity index is 736. The van der Waals surface area contributed by atoms with Crippen LogP contribution in [-0.4, -0.2) is 18.9 Å². The molecule has 0 bridgehead atoms. The minimum absolute atomic E-state index is 0.390. The largest absolute Gasteiger partial charge is 0.495 e. The quantitative estimate of drug-likeness (QED) is 0.845. The lowest BCUT2D eigenvalue weighted by Gasteiger charge is -2.12. The first-order valence-corrected chi connectivity index (χ1v) is 7.32. The van der Waals surface area contributed by atoms with E-state index >= 15 is 0 Å². The molecule has 0 aliphatic heterocycles. The summed E-state index contributed by atoms with van der Waals surface area (Å²) in [4.78, 5) is 24.1. The van der Waals surface area contributed by atoms with Crippen molar-refractivity contribution in [2.45, 2.75) is 13.8 Å². The molecule has 2 N–H and O–H groups in total. The maximum absolute atomic E-state index is 12.1. The van der Waals surface area contributed by atoms with Crippen molar-refractivity contribution < 1.29 is 14.3 Å². The van der Waals surface area contributed by atoms with Gasteiger partial charge >= 0.3 is 11.8 Å². The van der Waals surface area contributed by atoms with Crippen molar-refractivity contribution in [3.63, 3.8) is 0 Å². The maximum atomic E-state index is 12.1. The van der Waals surface area contributed by atoms with Crippen LogP contribution in [0.4, 0.5) is 11.4 Å². The van der Waals surface area contributed by atoms with Gasteiger partial charge in [-0.15, -0.1) is 0 Å². The van der Waals surface area contributed by atoms with Crippen molar-refractivity contribution in [3.8, 4) is 5.75 Å². The second kappa shape index (κ2) is 7.15. The van der Waals surface area contributed by atoms with Gasteiger partial charge in [0.25, 0.3) is 0 Å². The van der Waals surface area contributed by atoms with E-state index in [-0.39, 0.29) is 0 Å². The number of anilines is 2. The van der Waals surface area contributed by atoms with Crippen LogP contribution in [0.15, 0.2) is 36.4 Å². The SMILES string of the molecule is COc1ccccc1NC(=O)C(=O)Nc1c(C)cc(C)cc1Cl. The third-order valence-electron chi connectivity index (χ3n) is 3.23. The second-order valence-electron chi connectivity index (χ2n) is 5.05. The smallest absolute Gasteiger partial charge is 0.314 e. The number of carbonyl (C=O) groups is 2. The van der Waals surface area contributed by atoms with Gasteiger partial charge in [-0.2, -0.15) is 0 Å². The molecule has 23 heavy (non-hydrogen) atoms. The first-order chi connectivity index (χ1) is 10.9. The van der Waals surface area contributed by atoms with Crippen molar-refractivity contribution in [2.24, 2.45) is 0 Å². The molecule has 2 rings (SSSR count). The number of hydrogen-bond acceptors (Lipinski definition) is 3. The van der Waals surface area contributed by atoms with Crippen LogP contribution in [0.25, 0.3) is 0 Å². The Hall–Kier alpha value is -2.53. The number of ether oxygens (including phenoxy) is 1. The molecule has 0 saturated heterocycles. The Morgan fingerprint density at radius 2 is 1.70 bits per heavy atom. The molecule has 0 spiro atoms. The minimum atomic E-state index is -0.801. The number of benzene rings is 2. The van der Waals surface area contributed by atoms with Crippen LogP contribution in [0.5, 0.6) is 5.75 Å². The lowest BCUT2D eigenvalue weighted by atomic mass is 10.1. The second-order valence-corrected chi connectivity index (χ2v) is 5.45. The van der Waals surface area contributed by atoms with Gasteiger partial charge in [0.05, 0.1) is 23.5 Å². The molecule has 0 radical (unpaired) electrons. The van der Waals surface area contributed by atoms with E-state index in [2.05, 4.69) is 10.6 Å². The van der Waals surface area contributed by atoms with E-state index in [1.807, 2.05) is 19.9 Å². The molecule has 120 valence electrons. The van der Waals surface area contributed by atoms with Gasteiger partial charge in [-0.1, -0.05) is 29.8 Å². The zero-order valence-corrected chi connectivity index (χ0v) is 13.8. The first kappa shape index (κ1) is 16.8. The van der Waals surface area contributed by atoms with Crippen LogP contribution in [-0.2, 0) is 9.59 Å². The zero-order chi connectivity index (χ0) is 17.0. The maximum Gasteiger partial charge on any atom is 0.314 e. The summed E-state index contributed by atoms with van der Waals surface area (Å²) in [5, 5.41) is 5.44. The fourth-order valence-electron chi connectivity index (χ4n) is 2.17. The minimum Gasteiger partial charge on any atom is -0.495 e. The fraction of sp³-hybridized carbons (Fsp3) is 0.176. The van der Waals surface area contributed by atoms with E-state index in [1.54, 1.807) is 30.3 Å². The van der Waals surface area contributed by atoms with Crippen molar-refractivity contribution in [1.82, 2.24) is 0 Å². The highest BCUT2D eigenvalue weighted by molar-refractivity contribution is 6.45. The highest BCUT2D eigenvalue weighted by Crippen LogP contribution is 2.27. The van der Waals surface area contributed by atoms with Crippen LogP contribution in [0.1, 0.15) is 11.1 Å². The Morgan fingerprint density at radius 3 is 2.35 bits per heavy atom. The summed E-state index contributed by atoms with van der Waals surface area (Å²) in [6, 6.07) is 10.4. The van der Waals surface area contributed by atoms with E-state index in [0.29, 0.717) is 22.1 Å². The highest BCUT2D eigenvalue weighted by atomic mass is 35.5. The molecular formula is C17H17ClN2O3. The Morgan fingerprint density at radius 1 is 1.04 bits per heavy atom. The Kier molecular flexibility index (Phi) is 5.24. The van der Waals surface area contributed by atoms with Gasteiger partial charge in [-0.05, 0) is 43.2 Å². The lowest BCUT2D eigenvalue weighted by Crippen LogP contribution is -2.29. The number of carbonyl (C=O) groups excluding carboxylic acids is 2. The predicted molar refractivity (Wildman–Crippen MR) is 91.2 cm³/mol. The molecule has 0 saturated carbocycles. The molecule has 2 aromatic rings. The molecule has 0 heterocycles. The topological polar surface area (TPSA) is 67.4 Å². The normalized spacial score (nSPS) is 10.1. The molecule has 0 atom stereocenters. The van der Waals surface area contributed by atoms with Gasteiger partial charge in [-0.3, -0.25) is 9.59 Å². The van der Waals surface area contributed by atoms with Crippen LogP contribution in [0.2, 0.25) is 5.02 Å². The standard InChI is InChI=1S/C17H17ClN2O3/c1-10-8-11(2)15(12(18)9-10)20-17(22)16(21)19-13-6-4-5-7-14(13)23-3/h4-9H,1-3H3,(H,19,21)(H,20,22). The summed E-state index contributed by atoms with van der Waals surface area (Å²) >= 11 is 6.12. The van der Waals surface area contributed by atoms with E-state index in [4.69, 9.17) is 16.3 Å². The monoisotopic (exact) mass is 332 g/mol. The average Bonchev–Trinajstić information content (AvgIpc) is 2.51. The van der Waals surface area contributed by atoms with E-state index in [1.165, 1.54) is 7.11 Å². The third-order valence-corrected chi connectivity index (χ3v) is 3.53. The number of methoxy groups -OCH3 is 1. The molecule has 0 aliphatic carbocycles. The number of para-hydroxylation sites is 2. The van der Waals surface area contributed by atoms with Crippen molar-refractivity contribution in [1.29, 1.82) is 0 Å². The van der Waals surface area contributed by atoms with Gasteiger partial charge in [0, 0.05) is 0 Å². The highest BCUT2D eigenvalue weighted by Gasteiger charge is 2.18. The molecule has 0 unspecified atom stereocenters. The first-order valence-electron chi connectivity index (χ1n) is 6.94. The van der Waals surface area contributed by atoms with Crippen LogP contribution < -0.4 is 15.4 Å². The zero-order valence-electron chi connectivity index (χ0n) is 13.1. The van der Waals surface area contributed by atoms with Gasteiger partial charge in [-0.25, -0.2) is 0 Å². The third kappa shape index (κ3) is 4.02. The van der Waals surface area contributed by atoms with E-state index in [9.17, 15) is 9.59 Å². The number of rotatable bonds is 3. The summed E-state index contributed by atoms with van der Waals surface area (Å²) in [7, 11) is 1.49. The predicted octanol–water partition coefficient (Wildman–Crippen LogP) is 3.54. The van der Waals surface area contributed by atoms with Crippen molar-refractivity contribution in [3.05, 3.63) is 52.5 Å². The van der Waals surface area contributed by atoms with Crippen LogP contribution in [0.3, 0.4) is 0 Å². The molecule has 2 amide bonds. The summed E-state index contributed by atoms with van der Waals surface area (Å²) in [5.74, 6) is -1.13. The Labute approximate surface area is 139 Å². The molecular weight excluding hydrogens is 316 g/mol. The van der Waals surface area contributed by atoms with E-state index < -0.39 is 11.8 Å². The fourth-order valence-corrected chi connectivity index (χ4v) is 2.54. The van der Waals surface area contributed by atoms with Gasteiger partial charge in [0.1, 0.15) is 5.75 Å². The van der Waals surface area contributed by atoms with Crippen LogP contribution >= 0.6 is 11.6 Å². The number of nitrogens with one attached hydrogen (secondary N) is 2. The molecule has 0 aromatic heterocycles.